The lowest BCUT2D eigenvalue weighted by molar-refractivity contribution is -0.143. The summed E-state index contributed by atoms with van der Waals surface area (Å²) in [7, 11) is 0. The van der Waals surface area contributed by atoms with Crippen LogP contribution in [0.25, 0.3) is 0 Å². The number of hydrogen-bond acceptors (Lipinski definition) is 3. The van der Waals surface area contributed by atoms with Crippen LogP contribution in [0.5, 0.6) is 5.75 Å². The van der Waals surface area contributed by atoms with Crippen LogP contribution in [0.2, 0.25) is 0 Å². The van der Waals surface area contributed by atoms with Crippen molar-refractivity contribution in [2.45, 2.75) is 71.0 Å². The van der Waals surface area contributed by atoms with Gasteiger partial charge in [-0.15, -0.1) is 0 Å². The topological polar surface area (TPSA) is 58.6 Å². The van der Waals surface area contributed by atoms with Crippen LogP contribution in [0, 0.1) is 12.7 Å². The van der Waals surface area contributed by atoms with Crippen LogP contribution in [-0.2, 0) is 16.1 Å². The van der Waals surface area contributed by atoms with E-state index in [1.807, 2.05) is 38.1 Å². The van der Waals surface area contributed by atoms with Gasteiger partial charge >= 0.3 is 0 Å². The third-order valence-corrected chi connectivity index (χ3v) is 5.96. The van der Waals surface area contributed by atoms with Gasteiger partial charge in [-0.1, -0.05) is 68.1 Å². The first-order chi connectivity index (χ1) is 15.5. The van der Waals surface area contributed by atoms with Gasteiger partial charge in [0.1, 0.15) is 6.04 Å². The van der Waals surface area contributed by atoms with Gasteiger partial charge in [0.2, 0.25) is 5.91 Å². The Morgan fingerprint density at radius 1 is 1.12 bits per heavy atom. The lowest BCUT2D eigenvalue weighted by atomic mass is 9.95. The van der Waals surface area contributed by atoms with Gasteiger partial charge in [-0.05, 0) is 43.9 Å². The number of carbonyl (C=O) groups excluding carboxylic acids is 2. The van der Waals surface area contributed by atoms with E-state index in [-0.39, 0.29) is 36.8 Å². The van der Waals surface area contributed by atoms with E-state index in [0.717, 1.165) is 36.8 Å². The van der Waals surface area contributed by atoms with E-state index < -0.39 is 11.9 Å². The van der Waals surface area contributed by atoms with E-state index >= 15 is 0 Å². The predicted octanol–water partition coefficient (Wildman–Crippen LogP) is 4.77. The summed E-state index contributed by atoms with van der Waals surface area (Å²) in [6, 6.07) is 13.4. The fraction of sp³-hybridized carbons (Fsp3) is 0.462. The zero-order chi connectivity index (χ0) is 22.9. The number of rotatable bonds is 9. The predicted molar refractivity (Wildman–Crippen MR) is 123 cm³/mol. The first-order valence-electron chi connectivity index (χ1n) is 11.5. The Labute approximate surface area is 190 Å². The van der Waals surface area contributed by atoms with Crippen molar-refractivity contribution in [2.75, 3.05) is 6.61 Å². The van der Waals surface area contributed by atoms with Gasteiger partial charge in [0.05, 0.1) is 0 Å². The minimum absolute atomic E-state index is 0.0241. The molecule has 2 aromatic rings. The van der Waals surface area contributed by atoms with Crippen molar-refractivity contribution in [1.29, 1.82) is 0 Å². The summed E-state index contributed by atoms with van der Waals surface area (Å²) in [5.74, 6) is -0.977. The molecule has 3 rings (SSSR count). The third kappa shape index (κ3) is 6.55. The highest BCUT2D eigenvalue weighted by molar-refractivity contribution is 5.88. The first kappa shape index (κ1) is 23.8. The molecule has 6 heteroatoms. The molecule has 1 fully saturated rings. The Bertz CT molecular complexity index is 911. The Hall–Kier alpha value is -2.89. The summed E-state index contributed by atoms with van der Waals surface area (Å²) in [6.45, 7) is 3.85. The molecule has 1 N–H and O–H groups in total. The van der Waals surface area contributed by atoms with E-state index in [2.05, 4.69) is 5.32 Å². The van der Waals surface area contributed by atoms with Gasteiger partial charge in [0.15, 0.2) is 18.2 Å². The molecule has 0 aliphatic heterocycles. The average Bonchev–Trinajstić information content (AvgIpc) is 2.79. The van der Waals surface area contributed by atoms with Crippen molar-refractivity contribution in [3.8, 4) is 5.75 Å². The van der Waals surface area contributed by atoms with Gasteiger partial charge < -0.3 is 15.0 Å². The molecule has 172 valence electrons. The van der Waals surface area contributed by atoms with Crippen LogP contribution in [-0.4, -0.2) is 35.4 Å². The minimum Gasteiger partial charge on any atom is -0.481 e. The summed E-state index contributed by atoms with van der Waals surface area (Å²) in [5.41, 5.74) is 2.02. The second-order valence-corrected chi connectivity index (χ2v) is 8.50. The lowest BCUT2D eigenvalue weighted by Crippen LogP contribution is -2.52. The highest BCUT2D eigenvalue weighted by atomic mass is 19.1. The molecule has 1 aliphatic carbocycles. The number of benzene rings is 2. The van der Waals surface area contributed by atoms with Crippen LogP contribution in [0.15, 0.2) is 48.5 Å². The largest absolute Gasteiger partial charge is 0.481 e. The SMILES string of the molecule is CC[C@@H](C(=O)NC1CCCCC1)N(Cc1cccc(C)c1)C(=O)COc1ccccc1F. The van der Waals surface area contributed by atoms with E-state index in [0.29, 0.717) is 6.42 Å². The maximum atomic E-state index is 13.9. The molecule has 1 aliphatic rings. The average molecular weight is 441 g/mol. The number of carbonyl (C=O) groups is 2. The maximum Gasteiger partial charge on any atom is 0.261 e. The number of halogens is 1. The van der Waals surface area contributed by atoms with Crippen molar-refractivity contribution in [3.05, 3.63) is 65.5 Å². The van der Waals surface area contributed by atoms with Crippen molar-refractivity contribution < 1.29 is 18.7 Å². The van der Waals surface area contributed by atoms with Gasteiger partial charge in [0, 0.05) is 12.6 Å². The van der Waals surface area contributed by atoms with Crippen LogP contribution in [0.4, 0.5) is 4.39 Å². The van der Waals surface area contributed by atoms with E-state index in [4.69, 9.17) is 4.74 Å². The van der Waals surface area contributed by atoms with Crippen molar-refractivity contribution >= 4 is 11.8 Å². The molecule has 0 aromatic heterocycles. The Balaban J connectivity index is 1.76. The Morgan fingerprint density at radius 2 is 1.88 bits per heavy atom. The van der Waals surface area contributed by atoms with E-state index in [9.17, 15) is 14.0 Å². The number of ether oxygens (including phenoxy) is 1. The molecule has 0 bridgehead atoms. The quantitative estimate of drug-likeness (QED) is 0.611. The van der Waals surface area contributed by atoms with Crippen molar-refractivity contribution in [3.63, 3.8) is 0 Å². The second kappa shape index (κ2) is 11.7. The fourth-order valence-corrected chi connectivity index (χ4v) is 4.26. The zero-order valence-corrected chi connectivity index (χ0v) is 19.0. The molecule has 1 saturated carbocycles. The summed E-state index contributed by atoms with van der Waals surface area (Å²) in [5, 5.41) is 3.15. The smallest absolute Gasteiger partial charge is 0.261 e. The van der Waals surface area contributed by atoms with Crippen LogP contribution < -0.4 is 10.1 Å². The number of hydrogen-bond donors (Lipinski definition) is 1. The van der Waals surface area contributed by atoms with Gasteiger partial charge in [-0.3, -0.25) is 9.59 Å². The molecule has 32 heavy (non-hydrogen) atoms. The van der Waals surface area contributed by atoms with Crippen LogP contribution >= 0.6 is 0 Å². The van der Waals surface area contributed by atoms with Gasteiger partial charge in [0.25, 0.3) is 5.91 Å². The van der Waals surface area contributed by atoms with E-state index in [1.165, 1.54) is 18.6 Å². The highest BCUT2D eigenvalue weighted by Crippen LogP contribution is 2.20. The first-order valence-corrected chi connectivity index (χ1v) is 11.5. The molecule has 2 amide bonds. The van der Waals surface area contributed by atoms with Gasteiger partial charge in [-0.25, -0.2) is 4.39 Å². The summed E-state index contributed by atoms with van der Waals surface area (Å²) in [4.78, 5) is 27.9. The second-order valence-electron chi connectivity index (χ2n) is 8.50. The molecule has 0 spiro atoms. The molecule has 1 atom stereocenters. The maximum absolute atomic E-state index is 13.9. The minimum atomic E-state index is -0.617. The summed E-state index contributed by atoms with van der Waals surface area (Å²) < 4.78 is 19.4. The fourth-order valence-electron chi connectivity index (χ4n) is 4.26. The molecule has 0 radical (unpaired) electrons. The number of nitrogens with one attached hydrogen (secondary N) is 1. The van der Waals surface area contributed by atoms with Crippen LogP contribution in [0.3, 0.4) is 0 Å². The molecule has 0 heterocycles. The summed E-state index contributed by atoms with van der Waals surface area (Å²) in [6.07, 6.45) is 5.87. The molecular weight excluding hydrogens is 407 g/mol. The van der Waals surface area contributed by atoms with Crippen molar-refractivity contribution in [2.24, 2.45) is 0 Å². The van der Waals surface area contributed by atoms with E-state index in [1.54, 1.807) is 17.0 Å². The highest BCUT2D eigenvalue weighted by Gasteiger charge is 2.30. The molecular formula is C26H33FN2O3. The normalized spacial score (nSPS) is 15.1. The molecule has 2 aromatic carbocycles. The van der Waals surface area contributed by atoms with Crippen molar-refractivity contribution in [1.82, 2.24) is 10.2 Å². The Morgan fingerprint density at radius 3 is 2.56 bits per heavy atom. The third-order valence-electron chi connectivity index (χ3n) is 5.96. The lowest BCUT2D eigenvalue weighted by Gasteiger charge is -2.32. The number of para-hydroxylation sites is 1. The molecule has 5 nitrogen and oxygen atoms in total. The van der Waals surface area contributed by atoms with Gasteiger partial charge in [-0.2, -0.15) is 0 Å². The standard InChI is InChI=1S/C26H33FN2O3/c1-3-23(26(31)28-21-12-5-4-6-13-21)29(17-20-11-9-10-19(2)16-20)25(30)18-32-24-15-8-7-14-22(24)27/h7-11,14-16,21,23H,3-6,12-13,17-18H2,1-2H3,(H,28,31)/t23-/m0/s1. The zero-order valence-electron chi connectivity index (χ0n) is 19.0. The number of nitrogens with zero attached hydrogens (tertiary/aromatic N) is 1. The molecule has 0 unspecified atom stereocenters. The summed E-state index contributed by atoms with van der Waals surface area (Å²) >= 11 is 0. The monoisotopic (exact) mass is 440 g/mol. The Kier molecular flexibility index (Phi) is 8.65. The molecule has 0 saturated heterocycles. The number of amides is 2. The number of aryl methyl sites for hydroxylation is 1. The van der Waals surface area contributed by atoms with Crippen LogP contribution in [0.1, 0.15) is 56.6 Å².